The molecule has 1 aliphatic rings. The first kappa shape index (κ1) is 17.8. The summed E-state index contributed by atoms with van der Waals surface area (Å²) in [5.41, 5.74) is -0.983. The number of esters is 1. The zero-order valence-corrected chi connectivity index (χ0v) is 14.1. The van der Waals surface area contributed by atoms with E-state index in [2.05, 4.69) is 19.2 Å². The number of rotatable bonds is 4. The molecule has 0 saturated heterocycles. The summed E-state index contributed by atoms with van der Waals surface area (Å²) in [6.07, 6.45) is 2.51. The summed E-state index contributed by atoms with van der Waals surface area (Å²) >= 11 is 0. The molecule has 0 radical (unpaired) electrons. The van der Waals surface area contributed by atoms with E-state index >= 15 is 0 Å². The topological polar surface area (TPSA) is 64.6 Å². The summed E-state index contributed by atoms with van der Waals surface area (Å²) in [6, 6.07) is -0.0299. The van der Waals surface area contributed by atoms with Gasteiger partial charge in [0, 0.05) is 6.04 Å². The van der Waals surface area contributed by atoms with Crippen LogP contribution in [0.3, 0.4) is 0 Å². The number of hydrogen-bond acceptors (Lipinski definition) is 4. The maximum atomic E-state index is 12.2. The normalized spacial score (nSPS) is 25.8. The average Bonchev–Trinajstić information content (AvgIpc) is 2.68. The molecule has 122 valence electrons. The van der Waals surface area contributed by atoms with Crippen molar-refractivity contribution >= 4 is 12.1 Å². The van der Waals surface area contributed by atoms with E-state index in [4.69, 9.17) is 9.47 Å². The van der Waals surface area contributed by atoms with Gasteiger partial charge in [0.1, 0.15) is 5.60 Å². The van der Waals surface area contributed by atoms with E-state index in [0.29, 0.717) is 12.3 Å². The minimum absolute atomic E-state index is 0.0299. The van der Waals surface area contributed by atoms with Crippen LogP contribution in [0.1, 0.15) is 60.3 Å². The lowest BCUT2D eigenvalue weighted by Gasteiger charge is -2.28. The lowest BCUT2D eigenvalue weighted by Crippen LogP contribution is -2.39. The van der Waals surface area contributed by atoms with Crippen molar-refractivity contribution in [2.45, 2.75) is 71.9 Å². The fourth-order valence-electron chi connectivity index (χ4n) is 3.18. The first-order chi connectivity index (χ1) is 9.58. The van der Waals surface area contributed by atoms with Crippen molar-refractivity contribution in [2.75, 3.05) is 7.11 Å². The molecule has 0 bridgehead atoms. The minimum Gasteiger partial charge on any atom is -0.469 e. The van der Waals surface area contributed by atoms with Gasteiger partial charge in [-0.05, 0) is 52.4 Å². The number of nitrogens with one attached hydrogen (secondary N) is 1. The van der Waals surface area contributed by atoms with Crippen molar-refractivity contribution < 1.29 is 19.1 Å². The van der Waals surface area contributed by atoms with Crippen LogP contribution in [0.2, 0.25) is 0 Å². The van der Waals surface area contributed by atoms with Crippen LogP contribution in [0.4, 0.5) is 4.79 Å². The molecule has 0 aromatic rings. The van der Waals surface area contributed by atoms with Crippen LogP contribution in [0.25, 0.3) is 0 Å². The predicted molar refractivity (Wildman–Crippen MR) is 80.9 cm³/mol. The monoisotopic (exact) mass is 299 g/mol. The van der Waals surface area contributed by atoms with Crippen LogP contribution in [0.5, 0.6) is 0 Å². The standard InChI is InChI=1S/C16H29NO4/c1-11(2)9-16(13(18)20-6)8-7-12(10-16)17-14(19)21-15(3,4)5/h11-12H,7-10H2,1-6H3,(H,17,19)/t12-,16-/m1/s1. The van der Waals surface area contributed by atoms with Crippen LogP contribution in [0, 0.1) is 11.3 Å². The third-order valence-electron chi connectivity index (χ3n) is 3.75. The van der Waals surface area contributed by atoms with E-state index in [1.807, 2.05) is 20.8 Å². The number of methoxy groups -OCH3 is 1. The van der Waals surface area contributed by atoms with Crippen LogP contribution >= 0.6 is 0 Å². The second-order valence-electron chi connectivity index (χ2n) is 7.46. The van der Waals surface area contributed by atoms with Crippen molar-refractivity contribution in [1.82, 2.24) is 5.32 Å². The molecule has 0 unspecified atom stereocenters. The molecule has 0 heterocycles. The quantitative estimate of drug-likeness (QED) is 0.809. The fourth-order valence-corrected chi connectivity index (χ4v) is 3.18. The van der Waals surface area contributed by atoms with Crippen LogP contribution in [-0.4, -0.2) is 30.8 Å². The third-order valence-corrected chi connectivity index (χ3v) is 3.75. The van der Waals surface area contributed by atoms with Gasteiger partial charge in [0.25, 0.3) is 0 Å². The Morgan fingerprint density at radius 1 is 1.33 bits per heavy atom. The molecule has 0 spiro atoms. The van der Waals surface area contributed by atoms with Gasteiger partial charge < -0.3 is 14.8 Å². The minimum atomic E-state index is -0.514. The smallest absolute Gasteiger partial charge is 0.407 e. The van der Waals surface area contributed by atoms with Crippen LogP contribution in [0.15, 0.2) is 0 Å². The Morgan fingerprint density at radius 3 is 2.43 bits per heavy atom. The second-order valence-corrected chi connectivity index (χ2v) is 7.46. The Morgan fingerprint density at radius 2 is 1.95 bits per heavy atom. The van der Waals surface area contributed by atoms with Crippen LogP contribution < -0.4 is 5.32 Å². The van der Waals surface area contributed by atoms with Crippen molar-refractivity contribution in [3.05, 3.63) is 0 Å². The molecule has 1 saturated carbocycles. The molecule has 2 atom stereocenters. The Labute approximate surface area is 127 Å². The van der Waals surface area contributed by atoms with E-state index in [-0.39, 0.29) is 12.0 Å². The van der Waals surface area contributed by atoms with Gasteiger partial charge in [0.2, 0.25) is 0 Å². The van der Waals surface area contributed by atoms with Gasteiger partial charge in [0.05, 0.1) is 12.5 Å². The molecule has 1 fully saturated rings. The maximum absolute atomic E-state index is 12.2. The summed E-state index contributed by atoms with van der Waals surface area (Å²) in [4.78, 5) is 24.0. The highest BCUT2D eigenvalue weighted by atomic mass is 16.6. The maximum Gasteiger partial charge on any atom is 0.407 e. The molecule has 5 nitrogen and oxygen atoms in total. The molecular formula is C16H29NO4. The lowest BCUT2D eigenvalue weighted by molar-refractivity contribution is -0.153. The second kappa shape index (κ2) is 6.67. The van der Waals surface area contributed by atoms with Gasteiger partial charge in [-0.15, -0.1) is 0 Å². The van der Waals surface area contributed by atoms with Crippen molar-refractivity contribution in [3.8, 4) is 0 Å². The summed E-state index contributed by atoms with van der Waals surface area (Å²) in [5.74, 6) is 0.245. The molecule has 1 rings (SSSR count). The van der Waals surface area contributed by atoms with E-state index in [0.717, 1.165) is 19.3 Å². The first-order valence-corrected chi connectivity index (χ1v) is 7.66. The summed E-state index contributed by atoms with van der Waals surface area (Å²) in [5, 5.41) is 2.87. The average molecular weight is 299 g/mol. The number of ether oxygens (including phenoxy) is 2. The number of amides is 1. The zero-order chi connectivity index (χ0) is 16.3. The molecular weight excluding hydrogens is 270 g/mol. The lowest BCUT2D eigenvalue weighted by atomic mass is 9.78. The molecule has 0 aromatic heterocycles. The number of carbonyl (C=O) groups excluding carboxylic acids is 2. The van der Waals surface area contributed by atoms with Crippen LogP contribution in [-0.2, 0) is 14.3 Å². The molecule has 1 amide bonds. The van der Waals surface area contributed by atoms with Gasteiger partial charge >= 0.3 is 12.1 Å². The SMILES string of the molecule is COC(=O)[C@@]1(CC(C)C)CC[C@@H](NC(=O)OC(C)(C)C)C1. The van der Waals surface area contributed by atoms with E-state index in [1.54, 1.807) is 0 Å². The van der Waals surface area contributed by atoms with Crippen molar-refractivity contribution in [2.24, 2.45) is 11.3 Å². The number of carbonyl (C=O) groups is 2. The van der Waals surface area contributed by atoms with Gasteiger partial charge in [-0.3, -0.25) is 4.79 Å². The van der Waals surface area contributed by atoms with Crippen molar-refractivity contribution in [1.29, 1.82) is 0 Å². The predicted octanol–water partition coefficient (Wildman–Crippen LogP) is 3.27. The number of alkyl carbamates (subject to hydrolysis) is 1. The summed E-state index contributed by atoms with van der Waals surface area (Å²) < 4.78 is 10.3. The van der Waals surface area contributed by atoms with E-state index < -0.39 is 17.1 Å². The van der Waals surface area contributed by atoms with Gasteiger partial charge in [0.15, 0.2) is 0 Å². The fraction of sp³-hybridized carbons (Fsp3) is 0.875. The molecule has 0 aliphatic heterocycles. The Kier molecular flexibility index (Phi) is 5.65. The Hall–Kier alpha value is -1.26. The Balaban J connectivity index is 2.66. The van der Waals surface area contributed by atoms with Crippen molar-refractivity contribution in [3.63, 3.8) is 0 Å². The molecule has 21 heavy (non-hydrogen) atoms. The third kappa shape index (κ3) is 5.21. The highest BCUT2D eigenvalue weighted by Gasteiger charge is 2.47. The molecule has 1 N–H and O–H groups in total. The molecule has 5 heteroatoms. The number of hydrogen-bond donors (Lipinski definition) is 1. The van der Waals surface area contributed by atoms with E-state index in [9.17, 15) is 9.59 Å². The molecule has 1 aliphatic carbocycles. The summed E-state index contributed by atoms with van der Waals surface area (Å²) in [7, 11) is 1.43. The molecule has 0 aromatic carbocycles. The van der Waals surface area contributed by atoms with Gasteiger partial charge in [-0.2, -0.15) is 0 Å². The highest BCUT2D eigenvalue weighted by Crippen LogP contribution is 2.44. The van der Waals surface area contributed by atoms with E-state index in [1.165, 1.54) is 7.11 Å². The first-order valence-electron chi connectivity index (χ1n) is 7.66. The Bertz CT molecular complexity index is 386. The zero-order valence-electron chi connectivity index (χ0n) is 14.1. The largest absolute Gasteiger partial charge is 0.469 e. The highest BCUT2D eigenvalue weighted by molar-refractivity contribution is 5.77. The van der Waals surface area contributed by atoms with Gasteiger partial charge in [-0.25, -0.2) is 4.79 Å². The summed E-state index contributed by atoms with van der Waals surface area (Å²) in [6.45, 7) is 9.69. The van der Waals surface area contributed by atoms with Gasteiger partial charge in [-0.1, -0.05) is 13.8 Å².